The predicted molar refractivity (Wildman–Crippen MR) is 105 cm³/mol. The van der Waals surface area contributed by atoms with Gasteiger partial charge >= 0.3 is 0 Å². The van der Waals surface area contributed by atoms with Gasteiger partial charge in [-0.1, -0.05) is 19.3 Å². The number of hydrogen-bond acceptors (Lipinski definition) is 5. The van der Waals surface area contributed by atoms with E-state index in [4.69, 9.17) is 0 Å². The molecule has 1 aromatic heterocycles. The molecule has 7 nitrogen and oxygen atoms in total. The Balaban J connectivity index is 1.55. The van der Waals surface area contributed by atoms with E-state index in [9.17, 15) is 22.0 Å². The molecular formula is C19H22F2N4O3S. The number of sulfonamides is 1. The number of halogens is 2. The Morgan fingerprint density at radius 1 is 1.07 bits per heavy atom. The van der Waals surface area contributed by atoms with Crippen LogP contribution in [-0.2, 0) is 14.8 Å². The van der Waals surface area contributed by atoms with E-state index in [0.717, 1.165) is 50.1 Å². The maximum atomic E-state index is 13.2. The van der Waals surface area contributed by atoms with E-state index in [1.807, 2.05) is 0 Å². The Morgan fingerprint density at radius 3 is 2.48 bits per heavy atom. The first kappa shape index (κ1) is 21.0. The number of aromatic nitrogens is 1. The molecular weight excluding hydrogens is 402 g/mol. The summed E-state index contributed by atoms with van der Waals surface area (Å²) in [6, 6.07) is 5.63. The first-order valence-corrected chi connectivity index (χ1v) is 10.8. The van der Waals surface area contributed by atoms with Crippen LogP contribution in [0.3, 0.4) is 0 Å². The highest BCUT2D eigenvalue weighted by Crippen LogP contribution is 2.19. The number of benzene rings is 1. The normalized spacial score (nSPS) is 15.0. The topological polar surface area (TPSA) is 100 Å². The van der Waals surface area contributed by atoms with Gasteiger partial charge in [0, 0.05) is 18.3 Å². The summed E-state index contributed by atoms with van der Waals surface area (Å²) in [6.07, 6.45) is 6.53. The second-order valence-corrected chi connectivity index (χ2v) is 8.55. The zero-order chi connectivity index (χ0) is 20.9. The smallest absolute Gasteiger partial charge is 0.263 e. The molecule has 0 atom stereocenters. The predicted octanol–water partition coefficient (Wildman–Crippen LogP) is 3.02. The van der Waals surface area contributed by atoms with Gasteiger partial charge < -0.3 is 10.6 Å². The summed E-state index contributed by atoms with van der Waals surface area (Å²) in [5.74, 6) is -2.03. The van der Waals surface area contributed by atoms with Gasteiger partial charge in [0.25, 0.3) is 10.0 Å². The Morgan fingerprint density at radius 2 is 1.83 bits per heavy atom. The van der Waals surface area contributed by atoms with Crippen molar-refractivity contribution in [2.45, 2.75) is 43.0 Å². The van der Waals surface area contributed by atoms with Crippen LogP contribution in [0.4, 0.5) is 20.3 Å². The first-order valence-electron chi connectivity index (χ1n) is 9.31. The van der Waals surface area contributed by atoms with E-state index in [-0.39, 0.29) is 29.1 Å². The third kappa shape index (κ3) is 5.86. The molecule has 1 heterocycles. The van der Waals surface area contributed by atoms with E-state index in [1.54, 1.807) is 0 Å². The average molecular weight is 424 g/mol. The molecule has 0 bridgehead atoms. The molecule has 1 aliphatic rings. The van der Waals surface area contributed by atoms with E-state index >= 15 is 0 Å². The number of carbonyl (C=O) groups excluding carboxylic acids is 1. The second-order valence-electron chi connectivity index (χ2n) is 6.87. The van der Waals surface area contributed by atoms with Gasteiger partial charge in [0.1, 0.15) is 10.7 Å². The van der Waals surface area contributed by atoms with Crippen molar-refractivity contribution in [3.63, 3.8) is 0 Å². The fourth-order valence-electron chi connectivity index (χ4n) is 3.11. The van der Waals surface area contributed by atoms with Crippen LogP contribution in [0.1, 0.15) is 32.1 Å². The summed E-state index contributed by atoms with van der Waals surface area (Å²) >= 11 is 0. The van der Waals surface area contributed by atoms with Crippen molar-refractivity contribution >= 4 is 27.4 Å². The number of nitrogens with one attached hydrogen (secondary N) is 3. The molecule has 156 valence electrons. The minimum Gasteiger partial charge on any atom is -0.361 e. The lowest BCUT2D eigenvalue weighted by Crippen LogP contribution is -2.39. The molecule has 1 fully saturated rings. The highest BCUT2D eigenvalue weighted by molar-refractivity contribution is 7.92. The largest absolute Gasteiger partial charge is 0.361 e. The van der Waals surface area contributed by atoms with E-state index in [0.29, 0.717) is 5.82 Å². The van der Waals surface area contributed by atoms with Crippen molar-refractivity contribution < 1.29 is 22.0 Å². The van der Waals surface area contributed by atoms with Gasteiger partial charge in [0.2, 0.25) is 5.91 Å². The lowest BCUT2D eigenvalue weighted by molar-refractivity contribution is -0.120. The number of carbonyl (C=O) groups is 1. The minimum absolute atomic E-state index is 0.0305. The highest BCUT2D eigenvalue weighted by Gasteiger charge is 2.17. The maximum absolute atomic E-state index is 13.2. The van der Waals surface area contributed by atoms with Gasteiger partial charge in [0.15, 0.2) is 11.6 Å². The fraction of sp³-hybridized carbons (Fsp3) is 0.368. The number of pyridine rings is 1. The molecule has 1 aliphatic carbocycles. The van der Waals surface area contributed by atoms with Crippen LogP contribution in [0.15, 0.2) is 41.4 Å². The van der Waals surface area contributed by atoms with Crippen molar-refractivity contribution in [1.29, 1.82) is 0 Å². The lowest BCUT2D eigenvalue weighted by Gasteiger charge is -2.22. The van der Waals surface area contributed by atoms with E-state index < -0.39 is 21.7 Å². The minimum atomic E-state index is -4.02. The zero-order valence-electron chi connectivity index (χ0n) is 15.6. The van der Waals surface area contributed by atoms with Gasteiger partial charge in [-0.15, -0.1) is 0 Å². The quantitative estimate of drug-likeness (QED) is 0.634. The second kappa shape index (κ2) is 9.17. The summed E-state index contributed by atoms with van der Waals surface area (Å²) in [6.45, 7) is 0.0305. The van der Waals surface area contributed by atoms with Crippen molar-refractivity contribution in [2.75, 3.05) is 16.6 Å². The van der Waals surface area contributed by atoms with Gasteiger partial charge in [0.05, 0.1) is 12.2 Å². The number of rotatable bonds is 7. The summed E-state index contributed by atoms with van der Waals surface area (Å²) in [5, 5.41) is 5.81. The standard InChI is InChI=1S/C19H22F2N4O3S/c20-16-8-6-14(10-17(16)21)25-29(27,28)15-7-9-18(22-11-15)23-12-19(26)24-13-4-2-1-3-5-13/h6-11,13,25H,1-5,12H2,(H,22,23)(H,24,26). The highest BCUT2D eigenvalue weighted by atomic mass is 32.2. The van der Waals surface area contributed by atoms with Gasteiger partial charge in [-0.05, 0) is 37.1 Å². The van der Waals surface area contributed by atoms with Gasteiger partial charge in [-0.2, -0.15) is 0 Å². The molecule has 0 saturated heterocycles. The number of amides is 1. The Labute approximate surface area is 168 Å². The third-order valence-electron chi connectivity index (χ3n) is 4.62. The van der Waals surface area contributed by atoms with Gasteiger partial charge in [-0.25, -0.2) is 22.2 Å². The molecule has 2 aromatic rings. The molecule has 0 aliphatic heterocycles. The molecule has 3 rings (SSSR count). The molecule has 1 aromatic carbocycles. The Hall–Kier alpha value is -2.75. The summed E-state index contributed by atoms with van der Waals surface area (Å²) in [4.78, 5) is 15.8. The number of anilines is 2. The summed E-state index contributed by atoms with van der Waals surface area (Å²) in [7, 11) is -4.02. The van der Waals surface area contributed by atoms with Crippen molar-refractivity contribution in [3.05, 3.63) is 48.2 Å². The van der Waals surface area contributed by atoms with Crippen LogP contribution in [0.25, 0.3) is 0 Å². The molecule has 1 amide bonds. The van der Waals surface area contributed by atoms with Crippen molar-refractivity contribution in [2.24, 2.45) is 0 Å². The number of hydrogen-bond donors (Lipinski definition) is 3. The summed E-state index contributed by atoms with van der Waals surface area (Å²) in [5.41, 5.74) is -0.106. The third-order valence-corrected chi connectivity index (χ3v) is 5.99. The average Bonchev–Trinajstić information content (AvgIpc) is 2.70. The monoisotopic (exact) mass is 424 g/mol. The van der Waals surface area contributed by atoms with Crippen LogP contribution in [0.2, 0.25) is 0 Å². The number of nitrogens with zero attached hydrogens (tertiary/aromatic N) is 1. The van der Waals surface area contributed by atoms with E-state index in [1.165, 1.54) is 18.6 Å². The molecule has 1 saturated carbocycles. The van der Waals surface area contributed by atoms with Crippen LogP contribution < -0.4 is 15.4 Å². The zero-order valence-corrected chi connectivity index (χ0v) is 16.4. The maximum Gasteiger partial charge on any atom is 0.263 e. The van der Waals surface area contributed by atoms with Crippen molar-refractivity contribution in [1.82, 2.24) is 10.3 Å². The van der Waals surface area contributed by atoms with Crippen LogP contribution in [0, 0.1) is 11.6 Å². The van der Waals surface area contributed by atoms with Crippen LogP contribution in [0.5, 0.6) is 0 Å². The van der Waals surface area contributed by atoms with Crippen LogP contribution >= 0.6 is 0 Å². The fourth-order valence-corrected chi connectivity index (χ4v) is 4.11. The van der Waals surface area contributed by atoms with Gasteiger partial charge in [-0.3, -0.25) is 9.52 Å². The molecule has 10 heteroatoms. The van der Waals surface area contributed by atoms with Crippen LogP contribution in [-0.4, -0.2) is 31.9 Å². The van der Waals surface area contributed by atoms with Crippen molar-refractivity contribution in [3.8, 4) is 0 Å². The Bertz CT molecular complexity index is 962. The molecule has 0 spiro atoms. The summed E-state index contributed by atoms with van der Waals surface area (Å²) < 4.78 is 53.1. The lowest BCUT2D eigenvalue weighted by atomic mass is 9.95. The molecule has 3 N–H and O–H groups in total. The first-order chi connectivity index (χ1) is 13.8. The van der Waals surface area contributed by atoms with E-state index in [2.05, 4.69) is 20.3 Å². The molecule has 0 unspecified atom stereocenters. The Kier molecular flexibility index (Phi) is 6.63. The molecule has 29 heavy (non-hydrogen) atoms. The molecule has 0 radical (unpaired) electrons. The SMILES string of the molecule is O=C(CNc1ccc(S(=O)(=O)Nc2ccc(F)c(F)c2)cn1)NC1CCCCC1.